The van der Waals surface area contributed by atoms with Gasteiger partial charge in [0, 0.05) is 0 Å². The molecule has 0 unspecified atom stereocenters. The van der Waals surface area contributed by atoms with E-state index < -0.39 is 0 Å². The van der Waals surface area contributed by atoms with Gasteiger partial charge in [-0.15, -0.1) is 0 Å². The first-order valence-corrected chi connectivity index (χ1v) is 4.44. The van der Waals surface area contributed by atoms with Crippen LogP contribution in [0.3, 0.4) is 0 Å². The molecule has 0 atom stereocenters. The molecule has 0 bridgehead atoms. The third-order valence-electron chi connectivity index (χ3n) is 2.28. The standard InChI is InChI=1S/C10H8N2O3/c11-10-7(4-15-12-10)6-1-2-8-9(3-6)14-5-13-8/h1-4H,5H2,(H2,11,12). The van der Waals surface area contributed by atoms with E-state index in [0.717, 1.165) is 16.9 Å². The summed E-state index contributed by atoms with van der Waals surface area (Å²) in [6, 6.07) is 5.58. The maximum atomic E-state index is 5.64. The molecule has 2 heterocycles. The van der Waals surface area contributed by atoms with Gasteiger partial charge in [0.25, 0.3) is 0 Å². The number of hydrogen-bond donors (Lipinski definition) is 1. The number of benzene rings is 1. The van der Waals surface area contributed by atoms with Gasteiger partial charge in [0.2, 0.25) is 6.79 Å². The van der Waals surface area contributed by atoms with Crippen molar-refractivity contribution in [1.82, 2.24) is 5.16 Å². The third-order valence-corrected chi connectivity index (χ3v) is 2.28. The fourth-order valence-corrected chi connectivity index (χ4v) is 1.53. The van der Waals surface area contributed by atoms with Crippen LogP contribution in [0.15, 0.2) is 29.0 Å². The topological polar surface area (TPSA) is 70.5 Å². The third kappa shape index (κ3) is 1.20. The maximum absolute atomic E-state index is 5.64. The molecule has 0 radical (unpaired) electrons. The highest BCUT2D eigenvalue weighted by atomic mass is 16.7. The van der Waals surface area contributed by atoms with E-state index in [4.69, 9.17) is 19.7 Å². The van der Waals surface area contributed by atoms with Crippen LogP contribution in [0, 0.1) is 0 Å². The van der Waals surface area contributed by atoms with E-state index in [1.807, 2.05) is 18.2 Å². The molecule has 0 aliphatic carbocycles. The van der Waals surface area contributed by atoms with E-state index in [0.29, 0.717) is 11.6 Å². The summed E-state index contributed by atoms with van der Waals surface area (Å²) in [5.41, 5.74) is 7.30. The van der Waals surface area contributed by atoms with Gasteiger partial charge in [-0.3, -0.25) is 0 Å². The van der Waals surface area contributed by atoms with Crippen molar-refractivity contribution in [3.63, 3.8) is 0 Å². The molecule has 1 aliphatic rings. The summed E-state index contributed by atoms with van der Waals surface area (Å²) in [7, 11) is 0. The molecule has 76 valence electrons. The second-order valence-electron chi connectivity index (χ2n) is 3.18. The Morgan fingerprint density at radius 1 is 1.20 bits per heavy atom. The van der Waals surface area contributed by atoms with Gasteiger partial charge >= 0.3 is 0 Å². The highest BCUT2D eigenvalue weighted by molar-refractivity contribution is 5.74. The first kappa shape index (κ1) is 8.16. The number of ether oxygens (including phenoxy) is 2. The molecule has 3 rings (SSSR count). The Labute approximate surface area is 85.4 Å². The summed E-state index contributed by atoms with van der Waals surface area (Å²) in [4.78, 5) is 0. The van der Waals surface area contributed by atoms with Gasteiger partial charge in [-0.05, 0) is 17.7 Å². The maximum Gasteiger partial charge on any atom is 0.231 e. The van der Waals surface area contributed by atoms with Crippen LogP contribution in [-0.4, -0.2) is 11.9 Å². The lowest BCUT2D eigenvalue weighted by Crippen LogP contribution is -1.92. The number of anilines is 1. The SMILES string of the molecule is Nc1nocc1-c1ccc2c(c1)OCO2. The molecule has 2 N–H and O–H groups in total. The van der Waals surface area contributed by atoms with Crippen LogP contribution >= 0.6 is 0 Å². The molecule has 0 saturated carbocycles. The number of fused-ring (bicyclic) bond motifs is 1. The van der Waals surface area contributed by atoms with Crippen LogP contribution in [-0.2, 0) is 0 Å². The summed E-state index contributed by atoms with van der Waals surface area (Å²) in [5, 5.41) is 3.62. The van der Waals surface area contributed by atoms with Gasteiger partial charge < -0.3 is 19.7 Å². The van der Waals surface area contributed by atoms with E-state index in [1.165, 1.54) is 6.26 Å². The van der Waals surface area contributed by atoms with Crippen LogP contribution < -0.4 is 15.2 Å². The predicted molar refractivity (Wildman–Crippen MR) is 52.5 cm³/mol. The Hall–Kier alpha value is -2.17. The fraction of sp³-hybridized carbons (Fsp3) is 0.100. The molecule has 0 amide bonds. The number of aromatic nitrogens is 1. The molecule has 15 heavy (non-hydrogen) atoms. The van der Waals surface area contributed by atoms with Crippen molar-refractivity contribution in [1.29, 1.82) is 0 Å². The summed E-state index contributed by atoms with van der Waals surface area (Å²) in [5.74, 6) is 1.83. The van der Waals surface area contributed by atoms with Crippen molar-refractivity contribution in [3.05, 3.63) is 24.5 Å². The molecule has 5 heteroatoms. The number of nitrogens with zero attached hydrogens (tertiary/aromatic N) is 1. The summed E-state index contributed by atoms with van der Waals surface area (Å²) in [6.45, 7) is 0.262. The second kappa shape index (κ2) is 2.91. The van der Waals surface area contributed by atoms with Gasteiger partial charge in [0.1, 0.15) is 6.26 Å². The first-order chi connectivity index (χ1) is 7.34. The molecule has 1 aromatic heterocycles. The molecule has 0 fully saturated rings. The van der Waals surface area contributed by atoms with E-state index in [-0.39, 0.29) is 6.79 Å². The molecule has 5 nitrogen and oxygen atoms in total. The monoisotopic (exact) mass is 204 g/mol. The zero-order valence-corrected chi connectivity index (χ0v) is 7.77. The number of nitrogen functional groups attached to an aromatic ring is 1. The molecule has 0 saturated heterocycles. The summed E-state index contributed by atoms with van der Waals surface area (Å²) < 4.78 is 15.2. The van der Waals surface area contributed by atoms with Crippen molar-refractivity contribution >= 4 is 5.82 Å². The molecule has 2 aromatic rings. The van der Waals surface area contributed by atoms with Gasteiger partial charge in [-0.1, -0.05) is 11.2 Å². The van der Waals surface area contributed by atoms with Crippen molar-refractivity contribution in [2.24, 2.45) is 0 Å². The van der Waals surface area contributed by atoms with Gasteiger partial charge in [-0.2, -0.15) is 0 Å². The Kier molecular flexibility index (Phi) is 1.58. The predicted octanol–water partition coefficient (Wildman–Crippen LogP) is 1.65. The van der Waals surface area contributed by atoms with Crippen LogP contribution in [0.1, 0.15) is 0 Å². The summed E-state index contributed by atoms with van der Waals surface area (Å²) in [6.07, 6.45) is 1.51. The van der Waals surface area contributed by atoms with Crippen LogP contribution in [0.2, 0.25) is 0 Å². The zero-order valence-electron chi connectivity index (χ0n) is 7.77. The zero-order chi connectivity index (χ0) is 10.3. The van der Waals surface area contributed by atoms with Gasteiger partial charge in [0.15, 0.2) is 17.3 Å². The number of rotatable bonds is 1. The van der Waals surface area contributed by atoms with Crippen LogP contribution in [0.4, 0.5) is 5.82 Å². The quantitative estimate of drug-likeness (QED) is 0.764. The van der Waals surface area contributed by atoms with Gasteiger partial charge in [0.05, 0.1) is 5.56 Å². The van der Waals surface area contributed by atoms with Crippen molar-refractivity contribution in [2.75, 3.05) is 12.5 Å². The number of hydrogen-bond acceptors (Lipinski definition) is 5. The normalized spacial score (nSPS) is 13.1. The smallest absolute Gasteiger partial charge is 0.231 e. The lowest BCUT2D eigenvalue weighted by Gasteiger charge is -1.99. The van der Waals surface area contributed by atoms with E-state index in [2.05, 4.69) is 5.16 Å². The minimum absolute atomic E-state index is 0.262. The Morgan fingerprint density at radius 2 is 2.07 bits per heavy atom. The minimum Gasteiger partial charge on any atom is -0.454 e. The van der Waals surface area contributed by atoms with Crippen molar-refractivity contribution < 1.29 is 14.0 Å². The fourth-order valence-electron chi connectivity index (χ4n) is 1.53. The Bertz CT molecular complexity index is 507. The molecule has 0 spiro atoms. The van der Waals surface area contributed by atoms with E-state index in [1.54, 1.807) is 0 Å². The lowest BCUT2D eigenvalue weighted by molar-refractivity contribution is 0.174. The Balaban J connectivity index is 2.11. The lowest BCUT2D eigenvalue weighted by atomic mass is 10.1. The average molecular weight is 204 g/mol. The van der Waals surface area contributed by atoms with Crippen molar-refractivity contribution in [2.45, 2.75) is 0 Å². The van der Waals surface area contributed by atoms with Gasteiger partial charge in [-0.25, -0.2) is 0 Å². The number of nitrogens with two attached hydrogens (primary N) is 1. The second-order valence-corrected chi connectivity index (χ2v) is 3.18. The van der Waals surface area contributed by atoms with E-state index in [9.17, 15) is 0 Å². The highest BCUT2D eigenvalue weighted by Gasteiger charge is 2.15. The summed E-state index contributed by atoms with van der Waals surface area (Å²) >= 11 is 0. The van der Waals surface area contributed by atoms with Crippen molar-refractivity contribution in [3.8, 4) is 22.6 Å². The molecule has 1 aromatic carbocycles. The minimum atomic E-state index is 0.262. The van der Waals surface area contributed by atoms with E-state index >= 15 is 0 Å². The van der Waals surface area contributed by atoms with Crippen LogP contribution in [0.5, 0.6) is 11.5 Å². The highest BCUT2D eigenvalue weighted by Crippen LogP contribution is 2.36. The Morgan fingerprint density at radius 3 is 2.87 bits per heavy atom. The largest absolute Gasteiger partial charge is 0.454 e. The molecule has 1 aliphatic heterocycles. The molecular weight excluding hydrogens is 196 g/mol. The first-order valence-electron chi connectivity index (χ1n) is 4.44. The van der Waals surface area contributed by atoms with Crippen LogP contribution in [0.25, 0.3) is 11.1 Å². The average Bonchev–Trinajstić information content (AvgIpc) is 2.84. The molecular formula is C10H8N2O3.